The van der Waals surface area contributed by atoms with Crippen LogP contribution in [0.1, 0.15) is 27.2 Å². The molecular formula is C16H22BrN3O2. The van der Waals surface area contributed by atoms with Gasteiger partial charge in [0.25, 0.3) is 0 Å². The molecule has 0 aliphatic carbocycles. The highest BCUT2D eigenvalue weighted by Gasteiger charge is 2.51. The summed E-state index contributed by atoms with van der Waals surface area (Å²) in [7, 11) is 0. The highest BCUT2D eigenvalue weighted by Crippen LogP contribution is 2.43. The summed E-state index contributed by atoms with van der Waals surface area (Å²) >= 11 is 3.45. The van der Waals surface area contributed by atoms with Crippen molar-refractivity contribution < 1.29 is 9.90 Å². The Hall–Kier alpha value is -1.30. The van der Waals surface area contributed by atoms with Crippen molar-refractivity contribution in [3.63, 3.8) is 0 Å². The first-order valence-corrected chi connectivity index (χ1v) is 8.43. The Labute approximate surface area is 139 Å². The Kier molecular flexibility index (Phi) is 3.83. The molecule has 0 spiro atoms. The number of amides is 1. The minimum Gasteiger partial charge on any atom is -0.465 e. The van der Waals surface area contributed by atoms with Crippen LogP contribution in [-0.2, 0) is 0 Å². The van der Waals surface area contributed by atoms with Gasteiger partial charge in [0.2, 0.25) is 0 Å². The largest absolute Gasteiger partial charge is 0.465 e. The first-order chi connectivity index (χ1) is 10.3. The highest BCUT2D eigenvalue weighted by molar-refractivity contribution is 9.10. The number of aromatic nitrogens is 1. The second-order valence-corrected chi connectivity index (χ2v) is 8.32. The SMILES string of the molecule is CC(C)(C)C1C[C@H]2CN(c3cncc(Br)c3)C[C@H]2N1C(=O)O. The topological polar surface area (TPSA) is 56.7 Å². The van der Waals surface area contributed by atoms with E-state index in [1.807, 2.05) is 12.3 Å². The van der Waals surface area contributed by atoms with Gasteiger partial charge in [-0.15, -0.1) is 0 Å². The molecule has 1 N–H and O–H groups in total. The van der Waals surface area contributed by atoms with E-state index in [9.17, 15) is 9.90 Å². The molecule has 0 radical (unpaired) electrons. The van der Waals surface area contributed by atoms with Crippen LogP contribution < -0.4 is 4.90 Å². The van der Waals surface area contributed by atoms with Gasteiger partial charge in [-0.1, -0.05) is 20.8 Å². The van der Waals surface area contributed by atoms with E-state index in [0.29, 0.717) is 5.92 Å². The molecule has 3 heterocycles. The molecule has 3 rings (SSSR count). The summed E-state index contributed by atoms with van der Waals surface area (Å²) in [6.45, 7) is 8.04. The number of carboxylic acid groups (broad SMARTS) is 1. The third kappa shape index (κ3) is 2.69. The molecular weight excluding hydrogens is 346 g/mol. The van der Waals surface area contributed by atoms with E-state index >= 15 is 0 Å². The van der Waals surface area contributed by atoms with Crippen LogP contribution in [0.4, 0.5) is 10.5 Å². The monoisotopic (exact) mass is 367 g/mol. The number of fused-ring (bicyclic) bond motifs is 1. The third-order valence-electron chi connectivity index (χ3n) is 4.90. The van der Waals surface area contributed by atoms with E-state index < -0.39 is 6.09 Å². The minimum absolute atomic E-state index is 0.0229. The lowest BCUT2D eigenvalue weighted by Gasteiger charge is -2.36. The van der Waals surface area contributed by atoms with E-state index in [-0.39, 0.29) is 17.5 Å². The second kappa shape index (κ2) is 5.41. The molecule has 3 atom stereocenters. The lowest BCUT2D eigenvalue weighted by Crippen LogP contribution is -2.48. The number of anilines is 1. The number of halogens is 1. The van der Waals surface area contributed by atoms with Gasteiger partial charge in [-0.2, -0.15) is 0 Å². The van der Waals surface area contributed by atoms with Gasteiger partial charge in [-0.25, -0.2) is 4.79 Å². The zero-order valence-electron chi connectivity index (χ0n) is 13.2. The number of hydrogen-bond donors (Lipinski definition) is 1. The minimum atomic E-state index is -0.790. The molecule has 0 aromatic carbocycles. The molecule has 1 aromatic heterocycles. The predicted octanol–water partition coefficient (Wildman–Crippen LogP) is 3.45. The second-order valence-electron chi connectivity index (χ2n) is 7.40. The van der Waals surface area contributed by atoms with Gasteiger partial charge >= 0.3 is 6.09 Å². The maximum absolute atomic E-state index is 11.8. The third-order valence-corrected chi connectivity index (χ3v) is 5.34. The first kappa shape index (κ1) is 15.6. The van der Waals surface area contributed by atoms with Crippen molar-refractivity contribution in [3.8, 4) is 0 Å². The first-order valence-electron chi connectivity index (χ1n) is 7.64. The van der Waals surface area contributed by atoms with Crippen LogP contribution >= 0.6 is 15.9 Å². The average Bonchev–Trinajstić information content (AvgIpc) is 2.94. The van der Waals surface area contributed by atoms with Crippen LogP contribution in [0.5, 0.6) is 0 Å². The summed E-state index contributed by atoms with van der Waals surface area (Å²) in [4.78, 5) is 20.0. The molecule has 5 nitrogen and oxygen atoms in total. The normalized spacial score (nSPS) is 28.1. The van der Waals surface area contributed by atoms with E-state index in [0.717, 1.165) is 29.7 Å². The number of carbonyl (C=O) groups is 1. The van der Waals surface area contributed by atoms with Gasteiger partial charge in [0.1, 0.15) is 0 Å². The van der Waals surface area contributed by atoms with Crippen molar-refractivity contribution >= 4 is 27.7 Å². The Morgan fingerprint density at radius 3 is 2.68 bits per heavy atom. The Morgan fingerprint density at radius 2 is 2.09 bits per heavy atom. The summed E-state index contributed by atoms with van der Waals surface area (Å²) in [6, 6.07) is 2.23. The molecule has 120 valence electrons. The molecule has 2 saturated heterocycles. The van der Waals surface area contributed by atoms with Crippen molar-refractivity contribution in [3.05, 3.63) is 22.9 Å². The fraction of sp³-hybridized carbons (Fsp3) is 0.625. The van der Waals surface area contributed by atoms with Gasteiger partial charge in [0, 0.05) is 35.7 Å². The summed E-state index contributed by atoms with van der Waals surface area (Å²) in [5.41, 5.74) is 1.03. The van der Waals surface area contributed by atoms with Crippen molar-refractivity contribution in [1.82, 2.24) is 9.88 Å². The molecule has 6 heteroatoms. The van der Waals surface area contributed by atoms with Gasteiger partial charge in [-0.05, 0) is 33.8 Å². The van der Waals surface area contributed by atoms with Gasteiger partial charge in [-0.3, -0.25) is 9.88 Å². The van der Waals surface area contributed by atoms with Crippen LogP contribution in [0, 0.1) is 11.3 Å². The summed E-state index contributed by atoms with van der Waals surface area (Å²) in [5.74, 6) is 0.402. The van der Waals surface area contributed by atoms with Gasteiger partial charge < -0.3 is 10.0 Å². The van der Waals surface area contributed by atoms with Crippen LogP contribution in [0.2, 0.25) is 0 Å². The Balaban J connectivity index is 1.82. The van der Waals surface area contributed by atoms with Gasteiger partial charge in [0.05, 0.1) is 17.9 Å². The van der Waals surface area contributed by atoms with E-state index in [1.54, 1.807) is 11.1 Å². The molecule has 2 fully saturated rings. The molecule has 22 heavy (non-hydrogen) atoms. The van der Waals surface area contributed by atoms with E-state index in [1.165, 1.54) is 0 Å². The van der Waals surface area contributed by atoms with Gasteiger partial charge in [0.15, 0.2) is 0 Å². The van der Waals surface area contributed by atoms with Crippen LogP contribution in [0.25, 0.3) is 0 Å². The van der Waals surface area contributed by atoms with E-state index in [2.05, 4.69) is 46.6 Å². The maximum Gasteiger partial charge on any atom is 0.407 e. The summed E-state index contributed by atoms with van der Waals surface area (Å²) in [6.07, 6.45) is 3.76. The number of likely N-dealkylation sites (tertiary alicyclic amines) is 1. The molecule has 0 saturated carbocycles. The van der Waals surface area contributed by atoms with Crippen molar-refractivity contribution in [2.75, 3.05) is 18.0 Å². The fourth-order valence-corrected chi connectivity index (χ4v) is 4.22. The molecule has 0 bridgehead atoms. The Bertz CT molecular complexity index is 587. The Morgan fingerprint density at radius 1 is 1.36 bits per heavy atom. The van der Waals surface area contributed by atoms with Crippen LogP contribution in [0.3, 0.4) is 0 Å². The number of hydrogen-bond acceptors (Lipinski definition) is 3. The van der Waals surface area contributed by atoms with Crippen molar-refractivity contribution in [1.29, 1.82) is 0 Å². The summed E-state index contributed by atoms with van der Waals surface area (Å²) in [5, 5.41) is 9.68. The van der Waals surface area contributed by atoms with Crippen molar-refractivity contribution in [2.45, 2.75) is 39.3 Å². The maximum atomic E-state index is 11.8. The standard InChI is InChI=1S/C16H22BrN3O2/c1-16(2,3)14-4-10-8-19(9-13(10)20(14)15(21)22)12-5-11(17)6-18-7-12/h5-7,10,13-14H,4,8-9H2,1-3H3,(H,21,22)/t10-,13+,14?/m0/s1. The number of pyridine rings is 1. The zero-order valence-corrected chi connectivity index (χ0v) is 14.7. The smallest absolute Gasteiger partial charge is 0.407 e. The quantitative estimate of drug-likeness (QED) is 0.825. The zero-order chi connectivity index (χ0) is 16.1. The molecule has 1 amide bonds. The summed E-state index contributed by atoms with van der Waals surface area (Å²) < 4.78 is 0.949. The number of nitrogens with zero attached hydrogens (tertiary/aromatic N) is 3. The molecule has 1 aromatic rings. The highest BCUT2D eigenvalue weighted by atomic mass is 79.9. The molecule has 1 unspecified atom stereocenters. The molecule has 2 aliphatic rings. The molecule has 2 aliphatic heterocycles. The number of rotatable bonds is 1. The van der Waals surface area contributed by atoms with Crippen LogP contribution in [0.15, 0.2) is 22.9 Å². The average molecular weight is 368 g/mol. The lowest BCUT2D eigenvalue weighted by molar-refractivity contribution is 0.0889. The fourth-order valence-electron chi connectivity index (χ4n) is 3.86. The van der Waals surface area contributed by atoms with Crippen LogP contribution in [-0.4, -0.2) is 46.3 Å². The van der Waals surface area contributed by atoms with Crippen molar-refractivity contribution in [2.24, 2.45) is 11.3 Å². The van der Waals surface area contributed by atoms with E-state index in [4.69, 9.17) is 0 Å². The lowest BCUT2D eigenvalue weighted by atomic mass is 9.84. The predicted molar refractivity (Wildman–Crippen MR) is 89.2 cm³/mol.